The van der Waals surface area contributed by atoms with Gasteiger partial charge < -0.3 is 43.7 Å². The van der Waals surface area contributed by atoms with Gasteiger partial charge in [0.25, 0.3) is 0 Å². The summed E-state index contributed by atoms with van der Waals surface area (Å²) in [4.78, 5) is 23.7. The van der Waals surface area contributed by atoms with Gasteiger partial charge in [0.2, 0.25) is 5.91 Å². The fraction of sp³-hybridized carbons (Fsp3) is 0.905. The van der Waals surface area contributed by atoms with Crippen LogP contribution < -0.4 is 5.32 Å². The minimum Gasteiger partial charge on any atom is -0.481 e. The Morgan fingerprint density at radius 1 is 0.656 bits per heavy atom. The Hall–Kier alpha value is -1.34. The lowest BCUT2D eigenvalue weighted by molar-refractivity contribution is -0.138. The summed E-state index contributed by atoms with van der Waals surface area (Å²) in [5.74, 6) is -1.23. The number of carbonyl (C=O) groups is 2. The van der Waals surface area contributed by atoms with E-state index >= 15 is 0 Å². The number of rotatable bonds is 25. The number of hydrogen-bond acceptors (Lipinski definition) is 9. The normalized spacial score (nSPS) is 11.2. The SMILES string of the molecule is CN(C)CCOCCOCCOCCOCCOCCOCCCNC(=O)CCC(=O)O. The number of nitrogens with zero attached hydrogens (tertiary/aromatic N) is 1. The molecule has 0 spiro atoms. The monoisotopic (exact) mass is 466 g/mol. The van der Waals surface area contributed by atoms with Crippen LogP contribution in [0.5, 0.6) is 0 Å². The zero-order valence-corrected chi connectivity index (χ0v) is 19.7. The molecular formula is C21H42N2O9. The molecule has 2 N–H and O–H groups in total. The van der Waals surface area contributed by atoms with Crippen molar-refractivity contribution in [2.75, 3.05) is 106 Å². The quantitative estimate of drug-likeness (QED) is 0.178. The second-order valence-corrected chi connectivity index (χ2v) is 7.07. The highest BCUT2D eigenvalue weighted by Gasteiger charge is 2.04. The third kappa shape index (κ3) is 26.7. The average molecular weight is 467 g/mol. The number of carbonyl (C=O) groups excluding carboxylic acids is 1. The molecule has 0 bridgehead atoms. The van der Waals surface area contributed by atoms with Gasteiger partial charge in [-0.15, -0.1) is 0 Å². The van der Waals surface area contributed by atoms with Crippen LogP contribution >= 0.6 is 0 Å². The number of amides is 1. The van der Waals surface area contributed by atoms with Crippen LogP contribution in [0.2, 0.25) is 0 Å². The maximum Gasteiger partial charge on any atom is 0.303 e. The van der Waals surface area contributed by atoms with E-state index in [1.165, 1.54) is 0 Å². The van der Waals surface area contributed by atoms with Crippen LogP contribution in [0, 0.1) is 0 Å². The predicted octanol–water partition coefficient (Wildman–Crippen LogP) is 0.0187. The molecule has 0 fully saturated rings. The van der Waals surface area contributed by atoms with Gasteiger partial charge in [0, 0.05) is 26.1 Å². The molecule has 0 unspecified atom stereocenters. The smallest absolute Gasteiger partial charge is 0.303 e. The van der Waals surface area contributed by atoms with Crippen molar-refractivity contribution in [3.8, 4) is 0 Å². The van der Waals surface area contributed by atoms with Crippen molar-refractivity contribution in [2.45, 2.75) is 19.3 Å². The number of aliphatic carboxylic acids is 1. The highest BCUT2D eigenvalue weighted by molar-refractivity contribution is 5.80. The fourth-order valence-electron chi connectivity index (χ4n) is 2.16. The lowest BCUT2D eigenvalue weighted by Gasteiger charge is -2.10. The van der Waals surface area contributed by atoms with E-state index in [9.17, 15) is 9.59 Å². The fourth-order valence-corrected chi connectivity index (χ4v) is 2.16. The molecule has 11 heteroatoms. The Balaban J connectivity index is 3.09. The van der Waals surface area contributed by atoms with Crippen LogP contribution in [0.3, 0.4) is 0 Å². The summed E-state index contributed by atoms with van der Waals surface area (Å²) in [7, 11) is 4.02. The Bertz CT molecular complexity index is 439. The van der Waals surface area contributed by atoms with Crippen molar-refractivity contribution >= 4 is 11.9 Å². The van der Waals surface area contributed by atoms with Crippen molar-refractivity contribution < 1.29 is 43.1 Å². The minimum atomic E-state index is -0.976. The van der Waals surface area contributed by atoms with E-state index in [2.05, 4.69) is 10.2 Å². The molecule has 0 rings (SSSR count). The second kappa shape index (κ2) is 24.3. The van der Waals surface area contributed by atoms with Crippen LogP contribution in [0.15, 0.2) is 0 Å². The van der Waals surface area contributed by atoms with Gasteiger partial charge in [-0.25, -0.2) is 0 Å². The molecule has 0 saturated heterocycles. The molecule has 0 aliphatic rings. The summed E-state index contributed by atoms with van der Waals surface area (Å²) in [5, 5.41) is 11.1. The molecule has 32 heavy (non-hydrogen) atoms. The number of nitrogens with one attached hydrogen (secondary N) is 1. The molecule has 11 nitrogen and oxygen atoms in total. The van der Waals surface area contributed by atoms with E-state index in [-0.39, 0.29) is 18.7 Å². The van der Waals surface area contributed by atoms with Crippen LogP contribution in [0.25, 0.3) is 0 Å². The van der Waals surface area contributed by atoms with E-state index in [0.717, 1.165) is 6.54 Å². The lowest BCUT2D eigenvalue weighted by Crippen LogP contribution is -2.25. The zero-order valence-electron chi connectivity index (χ0n) is 19.7. The van der Waals surface area contributed by atoms with Crippen molar-refractivity contribution in [1.29, 1.82) is 0 Å². The number of hydrogen-bond donors (Lipinski definition) is 2. The van der Waals surface area contributed by atoms with Crippen LogP contribution in [0.1, 0.15) is 19.3 Å². The predicted molar refractivity (Wildman–Crippen MR) is 118 cm³/mol. The average Bonchev–Trinajstić information content (AvgIpc) is 2.75. The van der Waals surface area contributed by atoms with Gasteiger partial charge in [-0.2, -0.15) is 0 Å². The standard InChI is InChI=1S/C21H42N2O9/c1-23(2)7-9-28-11-13-30-15-17-32-19-18-31-16-14-29-12-10-27-8-3-6-22-20(24)4-5-21(25)26/h3-19H2,1-2H3,(H,22,24)(H,25,26). The lowest BCUT2D eigenvalue weighted by atomic mass is 10.3. The van der Waals surface area contributed by atoms with E-state index in [1.54, 1.807) is 0 Å². The van der Waals surface area contributed by atoms with Gasteiger partial charge in [0.05, 0.1) is 79.1 Å². The number of likely N-dealkylation sites (N-methyl/N-ethyl adjacent to an activating group) is 1. The van der Waals surface area contributed by atoms with E-state index in [0.29, 0.717) is 92.2 Å². The Morgan fingerprint density at radius 2 is 1.06 bits per heavy atom. The first-order chi connectivity index (χ1) is 15.5. The molecule has 0 heterocycles. The van der Waals surface area contributed by atoms with Gasteiger partial charge in [-0.3, -0.25) is 9.59 Å². The van der Waals surface area contributed by atoms with Crippen molar-refractivity contribution in [3.63, 3.8) is 0 Å². The first kappa shape index (κ1) is 30.7. The highest BCUT2D eigenvalue weighted by atomic mass is 16.6. The molecule has 0 saturated carbocycles. The van der Waals surface area contributed by atoms with E-state index < -0.39 is 5.97 Å². The summed E-state index contributed by atoms with van der Waals surface area (Å²) in [5.41, 5.74) is 0. The molecule has 0 aliphatic carbocycles. The molecule has 0 aromatic rings. The number of carboxylic acid groups (broad SMARTS) is 1. The van der Waals surface area contributed by atoms with Crippen molar-refractivity contribution in [1.82, 2.24) is 10.2 Å². The molecule has 0 atom stereocenters. The third-order valence-corrected chi connectivity index (χ3v) is 3.90. The minimum absolute atomic E-state index is 0.000178. The van der Waals surface area contributed by atoms with Crippen molar-refractivity contribution in [3.05, 3.63) is 0 Å². The molecule has 0 radical (unpaired) electrons. The molecule has 190 valence electrons. The third-order valence-electron chi connectivity index (χ3n) is 3.90. The van der Waals surface area contributed by atoms with Gasteiger partial charge >= 0.3 is 5.97 Å². The first-order valence-corrected chi connectivity index (χ1v) is 11.1. The van der Waals surface area contributed by atoms with Gasteiger partial charge in [-0.1, -0.05) is 0 Å². The van der Waals surface area contributed by atoms with Gasteiger partial charge in [0.15, 0.2) is 0 Å². The molecule has 0 aromatic carbocycles. The molecule has 1 amide bonds. The summed E-state index contributed by atoms with van der Waals surface area (Å²) in [6.45, 7) is 7.75. The Labute approximate surface area is 191 Å². The summed E-state index contributed by atoms with van der Waals surface area (Å²) in [6.07, 6.45) is 0.511. The number of carboxylic acids is 1. The van der Waals surface area contributed by atoms with Gasteiger partial charge in [-0.05, 0) is 20.5 Å². The maximum atomic E-state index is 11.3. The molecule has 0 aromatic heterocycles. The largest absolute Gasteiger partial charge is 0.481 e. The zero-order chi connectivity index (χ0) is 23.7. The van der Waals surface area contributed by atoms with Crippen molar-refractivity contribution in [2.24, 2.45) is 0 Å². The molecular weight excluding hydrogens is 424 g/mol. The first-order valence-electron chi connectivity index (χ1n) is 11.1. The van der Waals surface area contributed by atoms with Crippen LogP contribution in [0.4, 0.5) is 0 Å². The highest BCUT2D eigenvalue weighted by Crippen LogP contribution is 1.90. The number of ether oxygens (including phenoxy) is 6. The second-order valence-electron chi connectivity index (χ2n) is 7.07. The summed E-state index contributed by atoms with van der Waals surface area (Å²) >= 11 is 0. The summed E-state index contributed by atoms with van der Waals surface area (Å²) < 4.78 is 32.4. The Morgan fingerprint density at radius 3 is 1.47 bits per heavy atom. The maximum absolute atomic E-state index is 11.3. The Kier molecular flexibility index (Phi) is 23.3. The van der Waals surface area contributed by atoms with E-state index in [1.807, 2.05) is 14.1 Å². The van der Waals surface area contributed by atoms with Crippen LogP contribution in [-0.2, 0) is 38.0 Å². The molecule has 0 aliphatic heterocycles. The summed E-state index contributed by atoms with van der Waals surface area (Å²) in [6, 6.07) is 0. The van der Waals surface area contributed by atoms with Crippen LogP contribution in [-0.4, -0.2) is 128 Å². The van der Waals surface area contributed by atoms with E-state index in [4.69, 9.17) is 33.5 Å². The van der Waals surface area contributed by atoms with Gasteiger partial charge in [0.1, 0.15) is 0 Å². The topological polar surface area (TPSA) is 125 Å².